The van der Waals surface area contributed by atoms with E-state index in [-0.39, 0.29) is 0 Å². The van der Waals surface area contributed by atoms with Gasteiger partial charge < -0.3 is 0 Å². The van der Waals surface area contributed by atoms with Gasteiger partial charge in [0.15, 0.2) is 0 Å². The molecule has 0 unspecified atom stereocenters. The predicted octanol–water partition coefficient (Wildman–Crippen LogP) is 7.64. The second-order valence-corrected chi connectivity index (χ2v) is 8.59. The molecule has 0 aliphatic heterocycles. The molecule has 4 aromatic rings. The Labute approximate surface area is 178 Å². The smallest absolute Gasteiger partial charge is 0.0154 e. The van der Waals surface area contributed by atoms with Gasteiger partial charge in [-0.3, -0.25) is 0 Å². The molecule has 4 rings (SSSR count). The highest BCUT2D eigenvalue weighted by molar-refractivity contribution is 7.99. The van der Waals surface area contributed by atoms with Crippen molar-refractivity contribution in [3.63, 3.8) is 0 Å². The van der Waals surface area contributed by atoms with Gasteiger partial charge in [0.25, 0.3) is 0 Å². The third-order valence-electron chi connectivity index (χ3n) is 5.49. The normalized spacial score (nSPS) is 10.8. The molecule has 0 radical (unpaired) electrons. The lowest BCUT2D eigenvalue weighted by molar-refractivity contribution is 1.10. The van der Waals surface area contributed by atoms with E-state index in [0.717, 1.165) is 12.8 Å². The molecule has 144 valence electrons. The third kappa shape index (κ3) is 4.81. The Morgan fingerprint density at radius 1 is 0.483 bits per heavy atom. The standard InChI is InChI=1S/C28H26S/c1-21-25(19-23-11-5-3-6-12-23)15-9-17-27(21)29-28-18-10-16-26(22(28)2)20-24-13-7-4-8-14-24/h3-18H,19-20H2,1-2H3. The summed E-state index contributed by atoms with van der Waals surface area (Å²) in [6.07, 6.45) is 1.96. The Kier molecular flexibility index (Phi) is 6.17. The van der Waals surface area contributed by atoms with Crippen LogP contribution in [0.15, 0.2) is 107 Å². The van der Waals surface area contributed by atoms with Gasteiger partial charge in [0.1, 0.15) is 0 Å². The molecule has 0 spiro atoms. The van der Waals surface area contributed by atoms with Gasteiger partial charge in [-0.15, -0.1) is 0 Å². The van der Waals surface area contributed by atoms with Crippen molar-refractivity contribution in [1.29, 1.82) is 0 Å². The molecule has 0 bridgehead atoms. The molecule has 0 heterocycles. The molecule has 0 fully saturated rings. The second kappa shape index (κ2) is 9.15. The second-order valence-electron chi connectivity index (χ2n) is 7.51. The first kappa shape index (κ1) is 19.5. The van der Waals surface area contributed by atoms with Gasteiger partial charge in [-0.05, 0) is 72.2 Å². The molecular formula is C28H26S. The molecule has 0 atom stereocenters. The van der Waals surface area contributed by atoms with Crippen LogP contribution in [0.1, 0.15) is 33.4 Å². The maximum absolute atomic E-state index is 2.26. The van der Waals surface area contributed by atoms with Crippen LogP contribution in [-0.2, 0) is 12.8 Å². The molecule has 1 heteroatoms. The maximum Gasteiger partial charge on any atom is 0.0154 e. The molecule has 0 aliphatic rings. The van der Waals surface area contributed by atoms with E-state index < -0.39 is 0 Å². The van der Waals surface area contributed by atoms with E-state index in [9.17, 15) is 0 Å². The minimum Gasteiger partial charge on any atom is -0.0895 e. The van der Waals surface area contributed by atoms with E-state index in [1.54, 1.807) is 0 Å². The predicted molar refractivity (Wildman–Crippen MR) is 125 cm³/mol. The molecule has 0 amide bonds. The lowest BCUT2D eigenvalue weighted by atomic mass is 10.0. The summed E-state index contributed by atoms with van der Waals surface area (Å²) in [5, 5.41) is 0. The topological polar surface area (TPSA) is 0 Å². The minimum absolute atomic E-state index is 0.980. The summed E-state index contributed by atoms with van der Waals surface area (Å²) >= 11 is 1.89. The first-order valence-corrected chi connectivity index (χ1v) is 10.9. The van der Waals surface area contributed by atoms with E-state index in [1.165, 1.54) is 43.2 Å². The molecular weight excluding hydrogens is 368 g/mol. The third-order valence-corrected chi connectivity index (χ3v) is 6.81. The van der Waals surface area contributed by atoms with Gasteiger partial charge in [-0.2, -0.15) is 0 Å². The molecule has 0 nitrogen and oxygen atoms in total. The number of hydrogen-bond donors (Lipinski definition) is 0. The van der Waals surface area contributed by atoms with Crippen molar-refractivity contribution in [3.8, 4) is 0 Å². The largest absolute Gasteiger partial charge is 0.0895 e. The molecule has 0 aromatic heterocycles. The van der Waals surface area contributed by atoms with E-state index in [1.807, 2.05) is 11.8 Å². The Morgan fingerprint density at radius 2 is 0.897 bits per heavy atom. The van der Waals surface area contributed by atoms with Gasteiger partial charge in [0.05, 0.1) is 0 Å². The van der Waals surface area contributed by atoms with E-state index in [0.29, 0.717) is 0 Å². The first-order chi connectivity index (χ1) is 14.2. The van der Waals surface area contributed by atoms with Crippen molar-refractivity contribution in [2.75, 3.05) is 0 Å². The highest BCUT2D eigenvalue weighted by Crippen LogP contribution is 2.35. The van der Waals surface area contributed by atoms with Gasteiger partial charge in [-0.1, -0.05) is 96.7 Å². The zero-order chi connectivity index (χ0) is 20.1. The SMILES string of the molecule is Cc1c(Cc2ccccc2)cccc1Sc1cccc(Cc2ccccc2)c1C. The van der Waals surface area contributed by atoms with E-state index in [4.69, 9.17) is 0 Å². The molecule has 0 saturated heterocycles. The quantitative estimate of drug-likeness (QED) is 0.324. The van der Waals surface area contributed by atoms with Crippen LogP contribution in [0, 0.1) is 13.8 Å². The summed E-state index contributed by atoms with van der Waals surface area (Å²) < 4.78 is 0. The van der Waals surface area contributed by atoms with Crippen molar-refractivity contribution < 1.29 is 0 Å². The van der Waals surface area contributed by atoms with Crippen LogP contribution in [0.2, 0.25) is 0 Å². The monoisotopic (exact) mass is 394 g/mol. The number of benzene rings is 4. The van der Waals surface area contributed by atoms with Crippen molar-refractivity contribution in [3.05, 3.63) is 130 Å². The fourth-order valence-corrected chi connectivity index (χ4v) is 4.77. The van der Waals surface area contributed by atoms with Crippen molar-refractivity contribution in [1.82, 2.24) is 0 Å². The van der Waals surface area contributed by atoms with Gasteiger partial charge >= 0.3 is 0 Å². The average Bonchev–Trinajstić information content (AvgIpc) is 2.75. The Balaban J connectivity index is 1.58. The van der Waals surface area contributed by atoms with Crippen LogP contribution in [0.3, 0.4) is 0 Å². The lowest BCUT2D eigenvalue weighted by Crippen LogP contribution is -1.95. The Bertz CT molecular complexity index is 993. The molecule has 0 aliphatic carbocycles. The van der Waals surface area contributed by atoms with Gasteiger partial charge in [0, 0.05) is 9.79 Å². The summed E-state index contributed by atoms with van der Waals surface area (Å²) in [5.41, 5.74) is 8.29. The number of rotatable bonds is 6. The molecule has 0 saturated carbocycles. The van der Waals surface area contributed by atoms with Gasteiger partial charge in [-0.25, -0.2) is 0 Å². The number of hydrogen-bond acceptors (Lipinski definition) is 1. The van der Waals surface area contributed by atoms with Crippen LogP contribution >= 0.6 is 11.8 Å². The molecule has 4 aromatic carbocycles. The summed E-state index contributed by atoms with van der Waals surface area (Å²) in [4.78, 5) is 2.69. The van der Waals surface area contributed by atoms with Crippen LogP contribution < -0.4 is 0 Å². The fourth-order valence-electron chi connectivity index (χ4n) is 3.67. The van der Waals surface area contributed by atoms with Crippen LogP contribution in [0.25, 0.3) is 0 Å². The van der Waals surface area contributed by atoms with Crippen molar-refractivity contribution >= 4 is 11.8 Å². The Morgan fingerprint density at radius 3 is 1.31 bits per heavy atom. The van der Waals surface area contributed by atoms with Crippen LogP contribution in [0.4, 0.5) is 0 Å². The van der Waals surface area contributed by atoms with Crippen molar-refractivity contribution in [2.45, 2.75) is 36.5 Å². The zero-order valence-corrected chi connectivity index (χ0v) is 17.9. The summed E-state index contributed by atoms with van der Waals surface area (Å²) in [5.74, 6) is 0. The fraction of sp³-hybridized carbons (Fsp3) is 0.143. The molecule has 29 heavy (non-hydrogen) atoms. The van der Waals surface area contributed by atoms with Crippen LogP contribution in [0.5, 0.6) is 0 Å². The van der Waals surface area contributed by atoms with E-state index >= 15 is 0 Å². The van der Waals surface area contributed by atoms with Crippen molar-refractivity contribution in [2.24, 2.45) is 0 Å². The highest BCUT2D eigenvalue weighted by atomic mass is 32.2. The Hall–Kier alpha value is -2.77. The van der Waals surface area contributed by atoms with Crippen LogP contribution in [-0.4, -0.2) is 0 Å². The lowest BCUT2D eigenvalue weighted by Gasteiger charge is -2.14. The minimum atomic E-state index is 0.980. The summed E-state index contributed by atoms with van der Waals surface area (Å²) in [6, 6.07) is 34.8. The summed E-state index contributed by atoms with van der Waals surface area (Å²) in [6.45, 7) is 4.51. The maximum atomic E-state index is 2.26. The van der Waals surface area contributed by atoms with E-state index in [2.05, 4.69) is 111 Å². The average molecular weight is 395 g/mol. The highest BCUT2D eigenvalue weighted by Gasteiger charge is 2.10. The zero-order valence-electron chi connectivity index (χ0n) is 17.1. The summed E-state index contributed by atoms with van der Waals surface area (Å²) in [7, 11) is 0. The molecule has 0 N–H and O–H groups in total. The van der Waals surface area contributed by atoms with Gasteiger partial charge in [0.2, 0.25) is 0 Å². The first-order valence-electron chi connectivity index (χ1n) is 10.1.